The predicted octanol–water partition coefficient (Wildman–Crippen LogP) is 5.15. The highest BCUT2D eigenvalue weighted by Crippen LogP contribution is 2.26. The molecule has 0 saturated heterocycles. The Hall–Kier alpha value is -3.99. The summed E-state index contributed by atoms with van der Waals surface area (Å²) in [7, 11) is 0. The molecule has 5 rings (SSSR count). The average Bonchev–Trinajstić information content (AvgIpc) is 3.31. The Morgan fingerprint density at radius 3 is 2.53 bits per heavy atom. The molecule has 2 aromatic heterocycles. The number of benzene rings is 3. The van der Waals surface area contributed by atoms with Crippen LogP contribution in [0.5, 0.6) is 0 Å². The molecule has 3 aromatic carbocycles. The zero-order chi connectivity index (χ0) is 20.2. The van der Waals surface area contributed by atoms with Crippen molar-refractivity contribution < 1.29 is 0 Å². The van der Waals surface area contributed by atoms with Crippen LogP contribution in [0.1, 0.15) is 11.1 Å². The van der Waals surface area contributed by atoms with Gasteiger partial charge in [0.05, 0.1) is 11.8 Å². The summed E-state index contributed by atoms with van der Waals surface area (Å²) in [5.74, 6) is 0.853. The van der Waals surface area contributed by atoms with Crippen molar-refractivity contribution in [2.24, 2.45) is 0 Å². The summed E-state index contributed by atoms with van der Waals surface area (Å²) in [4.78, 5) is 12.9. The lowest BCUT2D eigenvalue weighted by Gasteiger charge is -2.13. The van der Waals surface area contributed by atoms with Gasteiger partial charge in [0.25, 0.3) is 0 Å². The van der Waals surface area contributed by atoms with Crippen LogP contribution in [0.15, 0.2) is 97.8 Å². The number of nitrogens with one attached hydrogen (secondary N) is 1. The first kappa shape index (κ1) is 18.1. The van der Waals surface area contributed by atoms with Crippen LogP contribution in [-0.4, -0.2) is 19.5 Å². The van der Waals surface area contributed by atoms with Gasteiger partial charge in [-0.05, 0) is 34.4 Å². The molecule has 5 aromatic rings. The summed E-state index contributed by atoms with van der Waals surface area (Å²) < 4.78 is 2.07. The van der Waals surface area contributed by atoms with Gasteiger partial charge in [-0.25, -0.2) is 15.0 Å². The quantitative estimate of drug-likeness (QED) is 0.435. The van der Waals surface area contributed by atoms with Gasteiger partial charge >= 0.3 is 0 Å². The van der Waals surface area contributed by atoms with Crippen LogP contribution < -0.4 is 5.32 Å². The number of nitrogens with zero attached hydrogens (tertiary/aromatic N) is 4. The van der Waals surface area contributed by atoms with E-state index < -0.39 is 0 Å². The number of hydrogen-bond acceptors (Lipinski definition) is 4. The van der Waals surface area contributed by atoms with Gasteiger partial charge in [-0.1, -0.05) is 60.7 Å². The molecular formula is C25H21N5. The van der Waals surface area contributed by atoms with Crippen molar-refractivity contribution in [2.45, 2.75) is 13.1 Å². The second-order valence-electron chi connectivity index (χ2n) is 7.18. The van der Waals surface area contributed by atoms with E-state index in [1.54, 1.807) is 12.5 Å². The third kappa shape index (κ3) is 3.78. The summed E-state index contributed by atoms with van der Waals surface area (Å²) in [6.45, 7) is 1.51. The number of aromatic nitrogens is 4. The Bertz CT molecular complexity index is 1260. The van der Waals surface area contributed by atoms with E-state index in [0.29, 0.717) is 6.54 Å². The van der Waals surface area contributed by atoms with E-state index in [1.807, 2.05) is 36.8 Å². The Morgan fingerprint density at radius 2 is 1.67 bits per heavy atom. The van der Waals surface area contributed by atoms with Gasteiger partial charge in [0.2, 0.25) is 0 Å². The summed E-state index contributed by atoms with van der Waals surface area (Å²) in [6.07, 6.45) is 7.23. The smallest absolute Gasteiger partial charge is 0.137 e. The molecule has 0 spiro atoms. The van der Waals surface area contributed by atoms with Crippen LogP contribution in [0.25, 0.3) is 22.0 Å². The SMILES string of the molecule is c1ccc(-c2ccc(Cn3ccnc3)cc2)c(CNc2ncnc3ccccc23)c1. The van der Waals surface area contributed by atoms with Crippen molar-refractivity contribution in [1.82, 2.24) is 19.5 Å². The molecule has 0 bridgehead atoms. The number of imidazole rings is 1. The maximum absolute atomic E-state index is 4.44. The lowest BCUT2D eigenvalue weighted by Crippen LogP contribution is -2.04. The molecule has 0 atom stereocenters. The van der Waals surface area contributed by atoms with E-state index in [0.717, 1.165) is 23.3 Å². The highest BCUT2D eigenvalue weighted by Gasteiger charge is 2.07. The molecule has 0 unspecified atom stereocenters. The molecule has 0 fully saturated rings. The van der Waals surface area contributed by atoms with Crippen molar-refractivity contribution in [1.29, 1.82) is 0 Å². The van der Waals surface area contributed by atoms with Gasteiger partial charge < -0.3 is 9.88 Å². The van der Waals surface area contributed by atoms with Gasteiger partial charge in [0.1, 0.15) is 12.1 Å². The van der Waals surface area contributed by atoms with Gasteiger partial charge in [-0.2, -0.15) is 0 Å². The van der Waals surface area contributed by atoms with Gasteiger partial charge in [0, 0.05) is 30.9 Å². The highest BCUT2D eigenvalue weighted by atomic mass is 15.0. The van der Waals surface area contributed by atoms with E-state index in [1.165, 1.54) is 22.3 Å². The summed E-state index contributed by atoms with van der Waals surface area (Å²) in [5.41, 5.74) is 5.84. The zero-order valence-electron chi connectivity index (χ0n) is 16.4. The largest absolute Gasteiger partial charge is 0.365 e. The standard InChI is InChI=1S/C25H21N5/c1-2-6-22(20-11-9-19(10-12-20)16-30-14-13-26-18-30)21(5-1)15-27-25-23-7-3-4-8-24(23)28-17-29-25/h1-14,17-18H,15-16H2,(H,27,28,29). The maximum Gasteiger partial charge on any atom is 0.137 e. The van der Waals surface area contributed by atoms with Crippen molar-refractivity contribution >= 4 is 16.7 Å². The molecule has 0 aliphatic carbocycles. The van der Waals surface area contributed by atoms with Crippen molar-refractivity contribution in [3.63, 3.8) is 0 Å². The molecule has 30 heavy (non-hydrogen) atoms. The fraction of sp³-hybridized carbons (Fsp3) is 0.0800. The van der Waals surface area contributed by atoms with Crippen molar-refractivity contribution in [3.8, 4) is 11.1 Å². The first-order valence-electron chi connectivity index (χ1n) is 9.93. The molecule has 0 amide bonds. The average molecular weight is 391 g/mol. The Balaban J connectivity index is 1.37. The van der Waals surface area contributed by atoms with Gasteiger partial charge in [-0.15, -0.1) is 0 Å². The van der Waals surface area contributed by atoms with E-state index in [-0.39, 0.29) is 0 Å². The predicted molar refractivity (Wildman–Crippen MR) is 120 cm³/mol. The third-order valence-corrected chi connectivity index (χ3v) is 5.20. The number of fused-ring (bicyclic) bond motifs is 1. The topological polar surface area (TPSA) is 55.6 Å². The Kier molecular flexibility index (Phi) is 4.92. The normalized spacial score (nSPS) is 10.9. The van der Waals surface area contributed by atoms with E-state index in [9.17, 15) is 0 Å². The van der Waals surface area contributed by atoms with E-state index >= 15 is 0 Å². The van der Waals surface area contributed by atoms with Crippen LogP contribution in [0.2, 0.25) is 0 Å². The molecule has 0 aliphatic rings. The minimum Gasteiger partial charge on any atom is -0.365 e. The van der Waals surface area contributed by atoms with Crippen LogP contribution >= 0.6 is 0 Å². The molecular weight excluding hydrogens is 370 g/mol. The lowest BCUT2D eigenvalue weighted by molar-refractivity contribution is 0.797. The summed E-state index contributed by atoms with van der Waals surface area (Å²) in [5, 5.41) is 4.52. The van der Waals surface area contributed by atoms with Crippen LogP contribution in [0.4, 0.5) is 5.82 Å². The molecule has 0 aliphatic heterocycles. The monoisotopic (exact) mass is 391 g/mol. The van der Waals surface area contributed by atoms with Gasteiger partial charge in [0.15, 0.2) is 0 Å². The molecule has 146 valence electrons. The van der Waals surface area contributed by atoms with Crippen LogP contribution in [0, 0.1) is 0 Å². The Morgan fingerprint density at radius 1 is 0.833 bits per heavy atom. The second-order valence-corrected chi connectivity index (χ2v) is 7.18. The number of rotatable bonds is 6. The minimum atomic E-state index is 0.688. The maximum atomic E-state index is 4.44. The molecule has 2 heterocycles. The summed E-state index contributed by atoms with van der Waals surface area (Å²) >= 11 is 0. The van der Waals surface area contributed by atoms with Crippen molar-refractivity contribution in [2.75, 3.05) is 5.32 Å². The first-order valence-corrected chi connectivity index (χ1v) is 9.93. The fourth-order valence-corrected chi connectivity index (χ4v) is 3.66. The van der Waals surface area contributed by atoms with E-state index in [2.05, 4.69) is 73.4 Å². The molecule has 5 nitrogen and oxygen atoms in total. The summed E-state index contributed by atoms with van der Waals surface area (Å²) in [6, 6.07) is 25.3. The highest BCUT2D eigenvalue weighted by molar-refractivity contribution is 5.88. The van der Waals surface area contributed by atoms with E-state index in [4.69, 9.17) is 0 Å². The molecule has 5 heteroatoms. The first-order chi connectivity index (χ1) is 14.9. The lowest BCUT2D eigenvalue weighted by atomic mass is 9.98. The second kappa shape index (κ2) is 8.17. The number of hydrogen-bond donors (Lipinski definition) is 1. The molecule has 1 N–H and O–H groups in total. The molecule has 0 saturated carbocycles. The van der Waals surface area contributed by atoms with Crippen LogP contribution in [0.3, 0.4) is 0 Å². The van der Waals surface area contributed by atoms with Crippen LogP contribution in [-0.2, 0) is 13.1 Å². The molecule has 0 radical (unpaired) electrons. The number of para-hydroxylation sites is 1. The number of anilines is 1. The van der Waals surface area contributed by atoms with Gasteiger partial charge in [-0.3, -0.25) is 0 Å². The van der Waals surface area contributed by atoms with Crippen molar-refractivity contribution in [3.05, 3.63) is 109 Å². The fourth-order valence-electron chi connectivity index (χ4n) is 3.66. The minimum absolute atomic E-state index is 0.688. The zero-order valence-corrected chi connectivity index (χ0v) is 16.4. The third-order valence-electron chi connectivity index (χ3n) is 5.20. The Labute approximate surface area is 175 Å².